The fourth-order valence-corrected chi connectivity index (χ4v) is 1.06. The predicted molar refractivity (Wildman–Crippen MR) is 52.7 cm³/mol. The van der Waals surface area contributed by atoms with Crippen LogP contribution in [0.4, 0.5) is 4.79 Å². The van der Waals surface area contributed by atoms with Crippen molar-refractivity contribution in [2.45, 2.75) is 13.5 Å². The molecule has 0 radical (unpaired) electrons. The molecular weight excluding hydrogens is 180 g/mol. The molecule has 76 valence electrons. The van der Waals surface area contributed by atoms with E-state index in [-0.39, 0.29) is 6.09 Å². The molecule has 0 aliphatic heterocycles. The summed E-state index contributed by atoms with van der Waals surface area (Å²) in [6, 6.07) is 3.74. The number of amides is 1. The van der Waals surface area contributed by atoms with Gasteiger partial charge >= 0.3 is 6.09 Å². The highest BCUT2D eigenvalue weighted by Crippen LogP contribution is 2.02. The second-order valence-corrected chi connectivity index (χ2v) is 2.91. The maximum atomic E-state index is 11.2. The summed E-state index contributed by atoms with van der Waals surface area (Å²) >= 11 is 0. The lowest BCUT2D eigenvalue weighted by Crippen LogP contribution is -2.26. The number of nitrogens with zero attached hydrogens (tertiary/aromatic N) is 2. The third-order valence-electron chi connectivity index (χ3n) is 1.75. The minimum absolute atomic E-state index is 0.302. The molecule has 1 heterocycles. The van der Waals surface area contributed by atoms with Crippen LogP contribution < -0.4 is 0 Å². The molecule has 0 unspecified atom stereocenters. The van der Waals surface area contributed by atoms with Crippen LogP contribution in [-0.2, 0) is 11.3 Å². The minimum Gasteiger partial charge on any atom is -0.450 e. The standard InChI is InChI=1S/C10H14N2O2/c1-3-14-10(13)12(2)8-9-4-6-11-7-5-9/h4-7H,3,8H2,1-2H3. The van der Waals surface area contributed by atoms with Crippen molar-refractivity contribution in [1.29, 1.82) is 0 Å². The Labute approximate surface area is 83.5 Å². The Morgan fingerprint density at radius 2 is 2.14 bits per heavy atom. The number of pyridine rings is 1. The van der Waals surface area contributed by atoms with Crippen LogP contribution in [0.1, 0.15) is 12.5 Å². The summed E-state index contributed by atoms with van der Waals surface area (Å²) in [7, 11) is 1.71. The van der Waals surface area contributed by atoms with Gasteiger partial charge in [-0.15, -0.1) is 0 Å². The molecule has 0 aliphatic rings. The van der Waals surface area contributed by atoms with E-state index in [0.717, 1.165) is 5.56 Å². The lowest BCUT2D eigenvalue weighted by molar-refractivity contribution is 0.114. The van der Waals surface area contributed by atoms with E-state index >= 15 is 0 Å². The van der Waals surface area contributed by atoms with Crippen LogP contribution in [0, 0.1) is 0 Å². The molecule has 0 N–H and O–H groups in total. The average molecular weight is 194 g/mol. The zero-order valence-electron chi connectivity index (χ0n) is 8.43. The fraction of sp³-hybridized carbons (Fsp3) is 0.400. The number of carbonyl (C=O) groups excluding carboxylic acids is 1. The van der Waals surface area contributed by atoms with Crippen molar-refractivity contribution in [3.8, 4) is 0 Å². The Balaban J connectivity index is 2.49. The van der Waals surface area contributed by atoms with Crippen LogP contribution in [0.25, 0.3) is 0 Å². The predicted octanol–water partition coefficient (Wildman–Crippen LogP) is 1.67. The number of hydrogen-bond donors (Lipinski definition) is 0. The van der Waals surface area contributed by atoms with E-state index in [4.69, 9.17) is 4.74 Å². The normalized spacial score (nSPS) is 9.57. The van der Waals surface area contributed by atoms with Gasteiger partial charge in [-0.05, 0) is 24.6 Å². The third-order valence-corrected chi connectivity index (χ3v) is 1.75. The van der Waals surface area contributed by atoms with Crippen molar-refractivity contribution < 1.29 is 9.53 Å². The Kier molecular flexibility index (Phi) is 3.91. The molecule has 0 aliphatic carbocycles. The van der Waals surface area contributed by atoms with Gasteiger partial charge in [0.25, 0.3) is 0 Å². The molecule has 0 fully saturated rings. The number of hydrogen-bond acceptors (Lipinski definition) is 3. The zero-order chi connectivity index (χ0) is 10.4. The smallest absolute Gasteiger partial charge is 0.409 e. The molecule has 0 spiro atoms. The van der Waals surface area contributed by atoms with Gasteiger partial charge in [-0.25, -0.2) is 4.79 Å². The number of ether oxygens (including phenoxy) is 1. The second-order valence-electron chi connectivity index (χ2n) is 2.91. The van der Waals surface area contributed by atoms with E-state index < -0.39 is 0 Å². The molecule has 0 saturated carbocycles. The van der Waals surface area contributed by atoms with Gasteiger partial charge in [0.1, 0.15) is 0 Å². The zero-order valence-corrected chi connectivity index (χ0v) is 8.43. The van der Waals surface area contributed by atoms with Crippen molar-refractivity contribution in [3.05, 3.63) is 30.1 Å². The van der Waals surface area contributed by atoms with Crippen LogP contribution >= 0.6 is 0 Å². The number of rotatable bonds is 3. The fourth-order valence-electron chi connectivity index (χ4n) is 1.06. The first kappa shape index (κ1) is 10.5. The molecule has 14 heavy (non-hydrogen) atoms. The van der Waals surface area contributed by atoms with Gasteiger partial charge in [-0.1, -0.05) is 0 Å². The third kappa shape index (κ3) is 3.05. The first-order valence-corrected chi connectivity index (χ1v) is 4.51. The Bertz CT molecular complexity index is 287. The van der Waals surface area contributed by atoms with E-state index in [0.29, 0.717) is 13.2 Å². The molecule has 1 rings (SSSR count). The first-order chi connectivity index (χ1) is 6.74. The lowest BCUT2D eigenvalue weighted by Gasteiger charge is -2.15. The maximum Gasteiger partial charge on any atom is 0.409 e. The maximum absolute atomic E-state index is 11.2. The van der Waals surface area contributed by atoms with Crippen molar-refractivity contribution in [2.24, 2.45) is 0 Å². The van der Waals surface area contributed by atoms with Crippen molar-refractivity contribution >= 4 is 6.09 Å². The lowest BCUT2D eigenvalue weighted by atomic mass is 10.2. The molecular formula is C10H14N2O2. The summed E-state index contributed by atoms with van der Waals surface area (Å²) in [6.07, 6.45) is 3.10. The summed E-state index contributed by atoms with van der Waals surface area (Å²) in [6.45, 7) is 2.74. The quantitative estimate of drug-likeness (QED) is 0.735. The van der Waals surface area contributed by atoms with E-state index in [1.54, 1.807) is 26.4 Å². The van der Waals surface area contributed by atoms with Gasteiger partial charge in [0.15, 0.2) is 0 Å². The average Bonchev–Trinajstić information content (AvgIpc) is 2.19. The number of carbonyl (C=O) groups is 1. The first-order valence-electron chi connectivity index (χ1n) is 4.51. The van der Waals surface area contributed by atoms with Gasteiger partial charge in [0.05, 0.1) is 6.61 Å². The summed E-state index contributed by atoms with van der Waals surface area (Å²) in [5, 5.41) is 0. The Morgan fingerprint density at radius 3 is 2.71 bits per heavy atom. The van der Waals surface area contributed by atoms with Crippen LogP contribution in [-0.4, -0.2) is 29.6 Å². The van der Waals surface area contributed by atoms with Crippen LogP contribution in [0.3, 0.4) is 0 Å². The van der Waals surface area contributed by atoms with Crippen molar-refractivity contribution in [2.75, 3.05) is 13.7 Å². The van der Waals surface area contributed by atoms with Gasteiger partial charge in [0, 0.05) is 26.0 Å². The molecule has 1 aromatic heterocycles. The van der Waals surface area contributed by atoms with Crippen LogP contribution in [0.15, 0.2) is 24.5 Å². The topological polar surface area (TPSA) is 42.4 Å². The van der Waals surface area contributed by atoms with Crippen molar-refractivity contribution in [3.63, 3.8) is 0 Å². The molecule has 1 amide bonds. The number of aromatic nitrogens is 1. The highest BCUT2D eigenvalue weighted by atomic mass is 16.5. The summed E-state index contributed by atoms with van der Waals surface area (Å²) in [4.78, 5) is 16.7. The molecule has 1 aromatic rings. The van der Waals surface area contributed by atoms with Gasteiger partial charge in [0.2, 0.25) is 0 Å². The molecule has 0 aromatic carbocycles. The van der Waals surface area contributed by atoms with Crippen LogP contribution in [0.2, 0.25) is 0 Å². The monoisotopic (exact) mass is 194 g/mol. The highest BCUT2D eigenvalue weighted by Gasteiger charge is 2.08. The summed E-state index contributed by atoms with van der Waals surface area (Å²) in [5.41, 5.74) is 1.04. The minimum atomic E-state index is -0.302. The van der Waals surface area contributed by atoms with E-state index in [1.807, 2.05) is 12.1 Å². The Hall–Kier alpha value is -1.58. The molecule has 0 bridgehead atoms. The molecule has 4 heteroatoms. The van der Waals surface area contributed by atoms with E-state index in [1.165, 1.54) is 4.90 Å². The Morgan fingerprint density at radius 1 is 1.50 bits per heavy atom. The van der Waals surface area contributed by atoms with Crippen LogP contribution in [0.5, 0.6) is 0 Å². The SMILES string of the molecule is CCOC(=O)N(C)Cc1ccncc1. The molecule has 0 saturated heterocycles. The second kappa shape index (κ2) is 5.21. The largest absolute Gasteiger partial charge is 0.450 e. The summed E-state index contributed by atoms with van der Waals surface area (Å²) < 4.78 is 4.85. The van der Waals surface area contributed by atoms with E-state index in [2.05, 4.69) is 4.98 Å². The summed E-state index contributed by atoms with van der Waals surface area (Å²) in [5.74, 6) is 0. The van der Waals surface area contributed by atoms with Gasteiger partial charge in [-0.2, -0.15) is 0 Å². The van der Waals surface area contributed by atoms with E-state index in [9.17, 15) is 4.79 Å². The van der Waals surface area contributed by atoms with Gasteiger partial charge in [-0.3, -0.25) is 4.98 Å². The molecule has 4 nitrogen and oxygen atoms in total. The van der Waals surface area contributed by atoms with Gasteiger partial charge < -0.3 is 9.64 Å². The van der Waals surface area contributed by atoms with Crippen molar-refractivity contribution in [1.82, 2.24) is 9.88 Å². The highest BCUT2D eigenvalue weighted by molar-refractivity contribution is 5.67. The molecule has 0 atom stereocenters.